The topological polar surface area (TPSA) is 32.5 Å². The van der Waals surface area contributed by atoms with Crippen LogP contribution in [0.15, 0.2) is 0 Å². The lowest BCUT2D eigenvalue weighted by molar-refractivity contribution is 0.132. The summed E-state index contributed by atoms with van der Waals surface area (Å²) >= 11 is 0. The molecule has 0 aromatic heterocycles. The van der Waals surface area contributed by atoms with Gasteiger partial charge in [0.1, 0.15) is 0 Å². The fourth-order valence-corrected chi connectivity index (χ4v) is 2.33. The molecule has 0 saturated carbocycles. The number of nitrogens with two attached hydrogens (primary N) is 1. The predicted molar refractivity (Wildman–Crippen MR) is 61.4 cm³/mol. The number of rotatable bonds is 5. The molecule has 2 N–H and O–H groups in total. The molecule has 0 radical (unpaired) electrons. The zero-order chi connectivity index (χ0) is 10.6. The van der Waals surface area contributed by atoms with Crippen LogP contribution in [0.3, 0.4) is 0 Å². The summed E-state index contributed by atoms with van der Waals surface area (Å²) in [6.07, 6.45) is 3.77. The van der Waals surface area contributed by atoms with Crippen LogP contribution in [0, 0.1) is 0 Å². The van der Waals surface area contributed by atoms with Gasteiger partial charge in [-0.15, -0.1) is 0 Å². The van der Waals surface area contributed by atoms with Crippen LogP contribution >= 0.6 is 0 Å². The summed E-state index contributed by atoms with van der Waals surface area (Å²) in [5, 5.41) is 0. The second-order valence-electron chi connectivity index (χ2n) is 4.69. The third-order valence-electron chi connectivity index (χ3n) is 3.56. The Morgan fingerprint density at radius 3 is 2.64 bits per heavy atom. The van der Waals surface area contributed by atoms with Gasteiger partial charge in [0.25, 0.3) is 0 Å². The van der Waals surface area contributed by atoms with Crippen LogP contribution in [0.25, 0.3) is 0 Å². The van der Waals surface area contributed by atoms with E-state index in [0.717, 1.165) is 13.1 Å². The average Bonchev–Trinajstić information content (AvgIpc) is 2.58. The lowest BCUT2D eigenvalue weighted by Crippen LogP contribution is -2.54. The summed E-state index contributed by atoms with van der Waals surface area (Å²) in [6.45, 7) is 6.53. The maximum Gasteiger partial charge on any atom is 0.0467 e. The summed E-state index contributed by atoms with van der Waals surface area (Å²) in [7, 11) is 4.41. The van der Waals surface area contributed by atoms with Gasteiger partial charge in [0.15, 0.2) is 0 Å². The summed E-state index contributed by atoms with van der Waals surface area (Å²) in [5.41, 5.74) is 6.19. The molecule has 1 rings (SSSR count). The quantitative estimate of drug-likeness (QED) is 0.709. The Bertz CT molecular complexity index is 172. The second kappa shape index (κ2) is 5.10. The molecule has 3 nitrogen and oxygen atoms in total. The van der Waals surface area contributed by atoms with Gasteiger partial charge in [-0.2, -0.15) is 0 Å². The lowest BCUT2D eigenvalue weighted by atomic mass is 9.96. The molecule has 1 aliphatic rings. The molecular formula is C11H25N3. The summed E-state index contributed by atoms with van der Waals surface area (Å²) in [6, 6.07) is 0. The normalized spacial score (nSPS) is 28.9. The van der Waals surface area contributed by atoms with Crippen LogP contribution in [0.4, 0.5) is 0 Å². The van der Waals surface area contributed by atoms with Crippen molar-refractivity contribution in [2.24, 2.45) is 5.73 Å². The summed E-state index contributed by atoms with van der Waals surface area (Å²) < 4.78 is 0. The van der Waals surface area contributed by atoms with Gasteiger partial charge >= 0.3 is 0 Å². The molecule has 3 heteroatoms. The molecule has 0 aromatic carbocycles. The first-order valence-corrected chi connectivity index (χ1v) is 5.74. The Kier molecular flexibility index (Phi) is 4.35. The van der Waals surface area contributed by atoms with Crippen molar-refractivity contribution in [1.82, 2.24) is 9.80 Å². The van der Waals surface area contributed by atoms with E-state index in [1.807, 2.05) is 0 Å². The first-order valence-electron chi connectivity index (χ1n) is 5.74. The zero-order valence-electron chi connectivity index (χ0n) is 9.92. The molecule has 1 saturated heterocycles. The molecule has 0 spiro atoms. The van der Waals surface area contributed by atoms with Crippen molar-refractivity contribution in [2.75, 3.05) is 40.3 Å². The Morgan fingerprint density at radius 1 is 1.50 bits per heavy atom. The molecule has 1 fully saturated rings. The molecule has 1 heterocycles. The number of unbranched alkanes of at least 4 members (excludes halogenated alkanes) is 1. The van der Waals surface area contributed by atoms with E-state index >= 15 is 0 Å². The molecular weight excluding hydrogens is 174 g/mol. The van der Waals surface area contributed by atoms with Crippen molar-refractivity contribution < 1.29 is 0 Å². The van der Waals surface area contributed by atoms with Crippen LogP contribution in [0.2, 0.25) is 0 Å². The van der Waals surface area contributed by atoms with Crippen LogP contribution < -0.4 is 5.73 Å². The Hall–Kier alpha value is -0.120. The van der Waals surface area contributed by atoms with Gasteiger partial charge in [-0.05, 0) is 40.0 Å². The smallest absolute Gasteiger partial charge is 0.0467 e. The molecule has 0 bridgehead atoms. The summed E-state index contributed by atoms with van der Waals surface area (Å²) in [5.74, 6) is 0. The predicted octanol–water partition coefficient (Wildman–Crippen LogP) is 0.751. The van der Waals surface area contributed by atoms with Gasteiger partial charge < -0.3 is 10.6 Å². The van der Waals surface area contributed by atoms with Gasteiger partial charge in [-0.25, -0.2) is 0 Å². The zero-order valence-corrected chi connectivity index (χ0v) is 9.92. The molecule has 14 heavy (non-hydrogen) atoms. The standard InChI is InChI=1S/C11H25N3/c1-4-5-7-14(3)11(9-12)6-8-13(2)10-11/h4-10,12H2,1-3H3. The number of likely N-dealkylation sites (tertiary alicyclic amines) is 1. The number of hydrogen-bond acceptors (Lipinski definition) is 3. The van der Waals surface area contributed by atoms with E-state index in [0.29, 0.717) is 0 Å². The van der Waals surface area contributed by atoms with Crippen LogP contribution in [0.5, 0.6) is 0 Å². The Morgan fingerprint density at radius 2 is 2.21 bits per heavy atom. The number of hydrogen-bond donors (Lipinski definition) is 1. The maximum absolute atomic E-state index is 5.94. The summed E-state index contributed by atoms with van der Waals surface area (Å²) in [4.78, 5) is 4.86. The van der Waals surface area contributed by atoms with E-state index in [1.54, 1.807) is 0 Å². The van der Waals surface area contributed by atoms with Crippen molar-refractivity contribution in [1.29, 1.82) is 0 Å². The maximum atomic E-state index is 5.94. The van der Waals surface area contributed by atoms with E-state index < -0.39 is 0 Å². The van der Waals surface area contributed by atoms with Crippen molar-refractivity contribution in [3.63, 3.8) is 0 Å². The number of nitrogens with zero attached hydrogens (tertiary/aromatic N) is 2. The van der Waals surface area contributed by atoms with Gasteiger partial charge in [0.2, 0.25) is 0 Å². The number of likely N-dealkylation sites (N-methyl/N-ethyl adjacent to an activating group) is 2. The largest absolute Gasteiger partial charge is 0.329 e. The molecule has 1 atom stereocenters. The van der Waals surface area contributed by atoms with E-state index in [4.69, 9.17) is 5.73 Å². The van der Waals surface area contributed by atoms with Gasteiger partial charge in [0.05, 0.1) is 0 Å². The third kappa shape index (κ3) is 2.47. The highest BCUT2D eigenvalue weighted by Gasteiger charge is 2.38. The highest BCUT2D eigenvalue weighted by molar-refractivity contribution is 4.98. The minimum atomic E-state index is 0.254. The van der Waals surface area contributed by atoms with E-state index in [9.17, 15) is 0 Å². The molecule has 1 aliphatic heterocycles. The molecule has 84 valence electrons. The van der Waals surface area contributed by atoms with Crippen LogP contribution in [-0.4, -0.2) is 55.6 Å². The molecule has 0 amide bonds. The highest BCUT2D eigenvalue weighted by atomic mass is 15.3. The van der Waals surface area contributed by atoms with Gasteiger partial charge in [0, 0.05) is 18.6 Å². The highest BCUT2D eigenvalue weighted by Crippen LogP contribution is 2.25. The fraction of sp³-hybridized carbons (Fsp3) is 1.00. The molecule has 1 unspecified atom stereocenters. The Labute approximate surface area is 88.2 Å². The average molecular weight is 199 g/mol. The first kappa shape index (κ1) is 12.0. The van der Waals surface area contributed by atoms with Crippen LogP contribution in [0.1, 0.15) is 26.2 Å². The second-order valence-corrected chi connectivity index (χ2v) is 4.69. The fourth-order valence-electron chi connectivity index (χ4n) is 2.33. The van der Waals surface area contributed by atoms with Crippen molar-refractivity contribution in [3.8, 4) is 0 Å². The lowest BCUT2D eigenvalue weighted by Gasteiger charge is -2.37. The Balaban J connectivity index is 2.51. The van der Waals surface area contributed by atoms with Crippen molar-refractivity contribution >= 4 is 0 Å². The van der Waals surface area contributed by atoms with E-state index in [-0.39, 0.29) is 5.54 Å². The van der Waals surface area contributed by atoms with Crippen molar-refractivity contribution in [3.05, 3.63) is 0 Å². The molecule has 0 aliphatic carbocycles. The van der Waals surface area contributed by atoms with E-state index in [1.165, 1.54) is 32.4 Å². The van der Waals surface area contributed by atoms with Crippen LogP contribution in [-0.2, 0) is 0 Å². The minimum absolute atomic E-state index is 0.254. The SMILES string of the molecule is CCCCN(C)C1(CN)CCN(C)C1. The van der Waals surface area contributed by atoms with E-state index in [2.05, 4.69) is 30.8 Å². The van der Waals surface area contributed by atoms with Gasteiger partial charge in [-0.1, -0.05) is 13.3 Å². The minimum Gasteiger partial charge on any atom is -0.329 e. The third-order valence-corrected chi connectivity index (χ3v) is 3.56. The van der Waals surface area contributed by atoms with Crippen molar-refractivity contribution in [2.45, 2.75) is 31.7 Å². The first-order chi connectivity index (χ1) is 6.64. The van der Waals surface area contributed by atoms with Gasteiger partial charge in [-0.3, -0.25) is 4.90 Å². The monoisotopic (exact) mass is 199 g/mol. The molecule has 0 aromatic rings.